The highest BCUT2D eigenvalue weighted by Crippen LogP contribution is 2.17. The number of benzene rings is 1. The van der Waals surface area contributed by atoms with Crippen LogP contribution in [0.5, 0.6) is 0 Å². The number of hydrogen-bond donors (Lipinski definition) is 1. The lowest BCUT2D eigenvalue weighted by atomic mass is 10.1. The third-order valence-corrected chi connectivity index (χ3v) is 3.86. The first-order valence-electron chi connectivity index (χ1n) is 7.09. The van der Waals surface area contributed by atoms with E-state index in [2.05, 4.69) is 20.8 Å². The summed E-state index contributed by atoms with van der Waals surface area (Å²) < 4.78 is 2.31. The first-order valence-corrected chi connectivity index (χ1v) is 7.09. The van der Waals surface area contributed by atoms with Crippen LogP contribution in [0, 0.1) is 0 Å². The summed E-state index contributed by atoms with van der Waals surface area (Å²) in [5, 5.41) is 8.69. The van der Waals surface area contributed by atoms with Gasteiger partial charge in [0.2, 0.25) is 0 Å². The summed E-state index contributed by atoms with van der Waals surface area (Å²) in [5.74, 6) is 2.27. The molecule has 19 heavy (non-hydrogen) atoms. The van der Waals surface area contributed by atoms with E-state index in [9.17, 15) is 0 Å². The first-order chi connectivity index (χ1) is 9.34. The van der Waals surface area contributed by atoms with Crippen LogP contribution in [0.25, 0.3) is 0 Å². The summed E-state index contributed by atoms with van der Waals surface area (Å²) in [6, 6.07) is 8.06. The molecule has 1 aliphatic rings. The molecule has 100 valence electrons. The number of fused-ring (bicyclic) bond motifs is 1. The summed E-state index contributed by atoms with van der Waals surface area (Å²) in [6.45, 7) is 1.07. The lowest BCUT2D eigenvalue weighted by Gasteiger charge is -2.08. The monoisotopic (exact) mass is 256 g/mol. The van der Waals surface area contributed by atoms with Gasteiger partial charge in [-0.3, -0.25) is 0 Å². The summed E-state index contributed by atoms with van der Waals surface area (Å²) in [4.78, 5) is 0. The smallest absolute Gasteiger partial charge is 0.133 e. The molecule has 1 aliphatic heterocycles. The molecule has 0 amide bonds. The van der Waals surface area contributed by atoms with Gasteiger partial charge in [0.15, 0.2) is 0 Å². The molecular weight excluding hydrogens is 236 g/mol. The van der Waals surface area contributed by atoms with Crippen molar-refractivity contribution in [2.45, 2.75) is 45.1 Å². The van der Waals surface area contributed by atoms with Gasteiger partial charge < -0.3 is 10.3 Å². The Morgan fingerprint density at radius 3 is 2.84 bits per heavy atom. The van der Waals surface area contributed by atoms with Gasteiger partial charge in [-0.1, -0.05) is 24.6 Å². The molecule has 3 rings (SSSR count). The normalized spacial score (nSPS) is 14.9. The number of rotatable bonds is 3. The van der Waals surface area contributed by atoms with Gasteiger partial charge in [0, 0.05) is 25.1 Å². The largest absolute Gasteiger partial charge is 0.399 e. The van der Waals surface area contributed by atoms with Crippen molar-refractivity contribution in [1.29, 1.82) is 0 Å². The van der Waals surface area contributed by atoms with Crippen LogP contribution in [0.1, 0.15) is 36.5 Å². The van der Waals surface area contributed by atoms with E-state index in [4.69, 9.17) is 5.73 Å². The van der Waals surface area contributed by atoms with E-state index in [1.54, 1.807) is 0 Å². The summed E-state index contributed by atoms with van der Waals surface area (Å²) in [7, 11) is 0. The molecule has 4 heteroatoms. The lowest BCUT2D eigenvalue weighted by Crippen LogP contribution is -2.07. The summed E-state index contributed by atoms with van der Waals surface area (Å²) >= 11 is 0. The Labute approximate surface area is 113 Å². The number of hydrogen-bond acceptors (Lipinski definition) is 3. The van der Waals surface area contributed by atoms with E-state index in [0.29, 0.717) is 0 Å². The van der Waals surface area contributed by atoms with E-state index in [0.717, 1.165) is 43.1 Å². The molecule has 0 radical (unpaired) electrons. The Morgan fingerprint density at radius 1 is 1.05 bits per heavy atom. The SMILES string of the molecule is Nc1ccccc1CCc1nnc2n1CCCCC2. The Hall–Kier alpha value is -1.84. The van der Waals surface area contributed by atoms with Crippen LogP contribution in [0.2, 0.25) is 0 Å². The van der Waals surface area contributed by atoms with E-state index in [-0.39, 0.29) is 0 Å². The predicted molar refractivity (Wildman–Crippen MR) is 75.8 cm³/mol. The average molecular weight is 256 g/mol. The van der Waals surface area contributed by atoms with Crippen molar-refractivity contribution in [3.8, 4) is 0 Å². The third-order valence-electron chi connectivity index (χ3n) is 3.86. The van der Waals surface area contributed by atoms with Crippen LogP contribution >= 0.6 is 0 Å². The van der Waals surface area contributed by atoms with Gasteiger partial charge in [0.1, 0.15) is 11.6 Å². The first kappa shape index (κ1) is 12.2. The Kier molecular flexibility index (Phi) is 3.49. The minimum Gasteiger partial charge on any atom is -0.399 e. The van der Waals surface area contributed by atoms with Crippen LogP contribution in [-0.2, 0) is 25.8 Å². The van der Waals surface area contributed by atoms with Crippen LogP contribution < -0.4 is 5.73 Å². The second kappa shape index (κ2) is 5.43. The fourth-order valence-corrected chi connectivity index (χ4v) is 2.74. The van der Waals surface area contributed by atoms with Gasteiger partial charge in [-0.2, -0.15) is 0 Å². The van der Waals surface area contributed by atoms with Gasteiger partial charge in [-0.05, 0) is 30.9 Å². The molecule has 1 aromatic heterocycles. The van der Waals surface area contributed by atoms with Gasteiger partial charge in [-0.15, -0.1) is 10.2 Å². The third kappa shape index (κ3) is 2.62. The highest BCUT2D eigenvalue weighted by atomic mass is 15.3. The standard InChI is InChI=1S/C15H20N4/c16-13-7-4-3-6-12(13)9-10-15-18-17-14-8-2-1-5-11-19(14)15/h3-4,6-7H,1-2,5,8-11,16H2. The molecule has 0 aliphatic carbocycles. The molecule has 0 fully saturated rings. The fraction of sp³-hybridized carbons (Fsp3) is 0.467. The van der Waals surface area contributed by atoms with Crippen LogP contribution in [0.4, 0.5) is 5.69 Å². The fourth-order valence-electron chi connectivity index (χ4n) is 2.74. The zero-order chi connectivity index (χ0) is 13.1. The van der Waals surface area contributed by atoms with Crippen molar-refractivity contribution in [1.82, 2.24) is 14.8 Å². The van der Waals surface area contributed by atoms with Crippen molar-refractivity contribution in [2.75, 3.05) is 5.73 Å². The van der Waals surface area contributed by atoms with Crippen LogP contribution in [-0.4, -0.2) is 14.8 Å². The molecule has 1 aromatic carbocycles. The van der Waals surface area contributed by atoms with Crippen LogP contribution in [0.3, 0.4) is 0 Å². The second-order valence-corrected chi connectivity index (χ2v) is 5.19. The summed E-state index contributed by atoms with van der Waals surface area (Å²) in [6.07, 6.45) is 6.70. The van der Waals surface area contributed by atoms with E-state index < -0.39 is 0 Å². The molecule has 0 spiro atoms. The number of para-hydroxylation sites is 1. The predicted octanol–water partition coefficient (Wildman–Crippen LogP) is 2.37. The molecule has 0 saturated heterocycles. The van der Waals surface area contributed by atoms with Crippen molar-refractivity contribution < 1.29 is 0 Å². The molecule has 0 saturated carbocycles. The molecule has 0 atom stereocenters. The van der Waals surface area contributed by atoms with Crippen molar-refractivity contribution in [3.63, 3.8) is 0 Å². The highest BCUT2D eigenvalue weighted by Gasteiger charge is 2.14. The Morgan fingerprint density at radius 2 is 1.95 bits per heavy atom. The maximum atomic E-state index is 5.98. The average Bonchev–Trinajstić information content (AvgIpc) is 2.66. The lowest BCUT2D eigenvalue weighted by molar-refractivity contribution is 0.603. The topological polar surface area (TPSA) is 56.7 Å². The number of nitrogen functional groups attached to an aromatic ring is 1. The molecule has 2 heterocycles. The van der Waals surface area contributed by atoms with Crippen molar-refractivity contribution in [2.24, 2.45) is 0 Å². The second-order valence-electron chi connectivity index (χ2n) is 5.19. The molecule has 2 aromatic rings. The zero-order valence-electron chi connectivity index (χ0n) is 11.2. The Bertz CT molecular complexity index is 559. The van der Waals surface area contributed by atoms with Gasteiger partial charge >= 0.3 is 0 Å². The molecule has 2 N–H and O–H groups in total. The van der Waals surface area contributed by atoms with Crippen LogP contribution in [0.15, 0.2) is 24.3 Å². The number of nitrogens with two attached hydrogens (primary N) is 1. The molecule has 0 bridgehead atoms. The van der Waals surface area contributed by atoms with E-state index >= 15 is 0 Å². The van der Waals surface area contributed by atoms with Gasteiger partial charge in [0.05, 0.1) is 0 Å². The van der Waals surface area contributed by atoms with Crippen molar-refractivity contribution >= 4 is 5.69 Å². The van der Waals surface area contributed by atoms with E-state index in [1.807, 2.05) is 18.2 Å². The number of aromatic nitrogens is 3. The highest BCUT2D eigenvalue weighted by molar-refractivity contribution is 5.46. The maximum absolute atomic E-state index is 5.98. The molecular formula is C15H20N4. The minimum absolute atomic E-state index is 0.873. The quantitative estimate of drug-likeness (QED) is 0.858. The van der Waals surface area contributed by atoms with Gasteiger partial charge in [-0.25, -0.2) is 0 Å². The Balaban J connectivity index is 1.74. The van der Waals surface area contributed by atoms with Crippen molar-refractivity contribution in [3.05, 3.63) is 41.5 Å². The van der Waals surface area contributed by atoms with E-state index in [1.165, 1.54) is 24.8 Å². The number of anilines is 1. The maximum Gasteiger partial charge on any atom is 0.133 e. The molecule has 0 unspecified atom stereocenters. The molecule has 4 nitrogen and oxygen atoms in total. The van der Waals surface area contributed by atoms with Gasteiger partial charge in [0.25, 0.3) is 0 Å². The summed E-state index contributed by atoms with van der Waals surface area (Å²) in [5.41, 5.74) is 8.06. The number of nitrogens with zero attached hydrogens (tertiary/aromatic N) is 3. The minimum atomic E-state index is 0.873. The zero-order valence-corrected chi connectivity index (χ0v) is 11.2. The number of aryl methyl sites for hydroxylation is 3.